The zero-order chi connectivity index (χ0) is 17.7. The maximum atomic E-state index is 12.2. The Bertz CT molecular complexity index is 707. The number of amides is 1. The number of aryl methyl sites for hydroxylation is 2. The van der Waals surface area contributed by atoms with Crippen LogP contribution in [0.4, 0.5) is 0 Å². The predicted octanol–water partition coefficient (Wildman–Crippen LogP) is 4.68. The molecule has 24 heavy (non-hydrogen) atoms. The van der Waals surface area contributed by atoms with E-state index in [0.717, 1.165) is 16.9 Å². The van der Waals surface area contributed by atoms with Gasteiger partial charge in [0.2, 0.25) is 0 Å². The van der Waals surface area contributed by atoms with Gasteiger partial charge in [-0.15, -0.1) is 0 Å². The first-order valence-electron chi connectivity index (χ1n) is 8.46. The molecule has 0 bridgehead atoms. The molecule has 0 saturated carbocycles. The van der Waals surface area contributed by atoms with Crippen LogP contribution in [0.2, 0.25) is 0 Å². The molecule has 2 aromatic rings. The Morgan fingerprint density at radius 1 is 1.04 bits per heavy atom. The molecule has 2 rings (SSSR count). The minimum Gasteiger partial charge on any atom is -0.483 e. The Morgan fingerprint density at radius 2 is 1.75 bits per heavy atom. The lowest BCUT2D eigenvalue weighted by Crippen LogP contribution is -2.31. The Hall–Kier alpha value is -2.29. The molecule has 3 heteroatoms. The van der Waals surface area contributed by atoms with E-state index in [1.807, 2.05) is 31.2 Å². The van der Waals surface area contributed by atoms with Gasteiger partial charge in [0.05, 0.1) is 6.04 Å². The van der Waals surface area contributed by atoms with Gasteiger partial charge in [-0.1, -0.05) is 50.2 Å². The molecule has 0 fully saturated rings. The summed E-state index contributed by atoms with van der Waals surface area (Å²) in [6.07, 6.45) is 0. The van der Waals surface area contributed by atoms with Crippen molar-refractivity contribution >= 4 is 5.91 Å². The summed E-state index contributed by atoms with van der Waals surface area (Å²) in [7, 11) is 0. The lowest BCUT2D eigenvalue weighted by atomic mass is 10.0. The van der Waals surface area contributed by atoms with Crippen molar-refractivity contribution in [1.82, 2.24) is 5.32 Å². The molecule has 0 aliphatic heterocycles. The number of benzene rings is 2. The number of carbonyl (C=O) groups excluding carboxylic acids is 1. The molecule has 2 aromatic carbocycles. The van der Waals surface area contributed by atoms with Crippen LogP contribution in [-0.4, -0.2) is 12.5 Å². The van der Waals surface area contributed by atoms with Crippen LogP contribution in [0.1, 0.15) is 55.0 Å². The second kappa shape index (κ2) is 8.00. The van der Waals surface area contributed by atoms with Gasteiger partial charge in [-0.3, -0.25) is 4.79 Å². The molecular weight excluding hydrogens is 298 g/mol. The van der Waals surface area contributed by atoms with Crippen LogP contribution < -0.4 is 10.1 Å². The maximum Gasteiger partial charge on any atom is 0.258 e. The first-order chi connectivity index (χ1) is 11.4. The van der Waals surface area contributed by atoms with Gasteiger partial charge in [-0.2, -0.15) is 0 Å². The van der Waals surface area contributed by atoms with Gasteiger partial charge in [0, 0.05) is 0 Å². The summed E-state index contributed by atoms with van der Waals surface area (Å²) in [5.74, 6) is 1.03. The molecule has 1 amide bonds. The fourth-order valence-electron chi connectivity index (χ4n) is 2.63. The number of hydrogen-bond acceptors (Lipinski definition) is 2. The summed E-state index contributed by atoms with van der Waals surface area (Å²) in [6, 6.07) is 14.1. The molecular formula is C21H27NO2. The van der Waals surface area contributed by atoms with E-state index < -0.39 is 0 Å². The Balaban J connectivity index is 1.95. The minimum atomic E-state index is -0.112. The molecule has 0 heterocycles. The van der Waals surface area contributed by atoms with Crippen LogP contribution in [0.5, 0.6) is 5.75 Å². The van der Waals surface area contributed by atoms with Crippen molar-refractivity contribution in [2.75, 3.05) is 6.61 Å². The molecule has 0 radical (unpaired) electrons. The van der Waals surface area contributed by atoms with E-state index in [0.29, 0.717) is 5.92 Å². The highest BCUT2D eigenvalue weighted by Crippen LogP contribution is 2.25. The van der Waals surface area contributed by atoms with E-state index in [1.165, 1.54) is 11.1 Å². The van der Waals surface area contributed by atoms with Crippen molar-refractivity contribution in [1.29, 1.82) is 0 Å². The van der Waals surface area contributed by atoms with E-state index in [1.54, 1.807) is 0 Å². The van der Waals surface area contributed by atoms with Crippen molar-refractivity contribution in [2.24, 2.45) is 0 Å². The lowest BCUT2D eigenvalue weighted by molar-refractivity contribution is -0.123. The highest BCUT2D eigenvalue weighted by Gasteiger charge is 2.12. The molecule has 1 N–H and O–H groups in total. The average Bonchev–Trinajstić information content (AvgIpc) is 2.55. The normalized spacial score (nSPS) is 12.1. The smallest absolute Gasteiger partial charge is 0.258 e. The Labute approximate surface area is 145 Å². The molecule has 128 valence electrons. The second-order valence-corrected chi connectivity index (χ2v) is 6.61. The molecule has 0 unspecified atom stereocenters. The molecule has 0 aliphatic rings. The maximum absolute atomic E-state index is 12.2. The molecule has 0 aromatic heterocycles. The van der Waals surface area contributed by atoms with Crippen molar-refractivity contribution in [3.05, 3.63) is 64.7 Å². The summed E-state index contributed by atoms with van der Waals surface area (Å²) in [4.78, 5) is 12.2. The average molecular weight is 325 g/mol. The number of rotatable bonds is 6. The van der Waals surface area contributed by atoms with Crippen molar-refractivity contribution < 1.29 is 9.53 Å². The van der Waals surface area contributed by atoms with Crippen molar-refractivity contribution in [3.63, 3.8) is 0 Å². The van der Waals surface area contributed by atoms with Crippen LogP contribution >= 0.6 is 0 Å². The molecule has 0 spiro atoms. The highest BCUT2D eigenvalue weighted by atomic mass is 16.5. The van der Waals surface area contributed by atoms with Crippen molar-refractivity contribution in [3.8, 4) is 5.75 Å². The number of ether oxygens (including phenoxy) is 1. The summed E-state index contributed by atoms with van der Waals surface area (Å²) < 4.78 is 5.73. The SMILES string of the molecule is Cc1ccc([C@H](C)NC(=O)COc2ccccc2C(C)C)cc1C. The zero-order valence-corrected chi connectivity index (χ0v) is 15.2. The fourth-order valence-corrected chi connectivity index (χ4v) is 2.63. The zero-order valence-electron chi connectivity index (χ0n) is 15.2. The van der Waals surface area contributed by atoms with Gasteiger partial charge in [0.1, 0.15) is 5.75 Å². The number of hydrogen-bond donors (Lipinski definition) is 1. The van der Waals surface area contributed by atoms with Crippen LogP contribution in [0.15, 0.2) is 42.5 Å². The van der Waals surface area contributed by atoms with Crippen LogP contribution in [0.3, 0.4) is 0 Å². The lowest BCUT2D eigenvalue weighted by Gasteiger charge is -2.17. The van der Waals surface area contributed by atoms with Gasteiger partial charge in [-0.25, -0.2) is 0 Å². The highest BCUT2D eigenvalue weighted by molar-refractivity contribution is 5.78. The van der Waals surface area contributed by atoms with E-state index >= 15 is 0 Å². The molecule has 0 saturated heterocycles. The minimum absolute atomic E-state index is 0.0267. The van der Waals surface area contributed by atoms with E-state index in [-0.39, 0.29) is 18.6 Å². The topological polar surface area (TPSA) is 38.3 Å². The van der Waals surface area contributed by atoms with Gasteiger partial charge in [-0.05, 0) is 55.0 Å². The predicted molar refractivity (Wildman–Crippen MR) is 98.5 cm³/mol. The third kappa shape index (κ3) is 4.60. The first kappa shape index (κ1) is 18.1. The third-order valence-corrected chi connectivity index (χ3v) is 4.31. The van der Waals surface area contributed by atoms with Crippen LogP contribution in [0.25, 0.3) is 0 Å². The van der Waals surface area contributed by atoms with E-state index in [2.05, 4.69) is 51.2 Å². The molecule has 3 nitrogen and oxygen atoms in total. The summed E-state index contributed by atoms with van der Waals surface area (Å²) >= 11 is 0. The number of carbonyl (C=O) groups is 1. The summed E-state index contributed by atoms with van der Waals surface area (Å²) in [5, 5.41) is 3.00. The Morgan fingerprint density at radius 3 is 2.42 bits per heavy atom. The quantitative estimate of drug-likeness (QED) is 0.837. The number of nitrogens with one attached hydrogen (secondary N) is 1. The van der Waals surface area contributed by atoms with Crippen molar-refractivity contribution in [2.45, 2.75) is 46.6 Å². The van der Waals surface area contributed by atoms with Crippen LogP contribution in [-0.2, 0) is 4.79 Å². The molecule has 0 aliphatic carbocycles. The summed E-state index contributed by atoms with van der Waals surface area (Å²) in [6.45, 7) is 10.4. The van der Waals surface area contributed by atoms with Gasteiger partial charge >= 0.3 is 0 Å². The Kier molecular flexibility index (Phi) is 6.02. The van der Waals surface area contributed by atoms with Crippen LogP contribution in [0, 0.1) is 13.8 Å². The molecule has 1 atom stereocenters. The monoisotopic (exact) mass is 325 g/mol. The van der Waals surface area contributed by atoms with E-state index in [4.69, 9.17) is 4.74 Å². The third-order valence-electron chi connectivity index (χ3n) is 4.31. The first-order valence-corrected chi connectivity index (χ1v) is 8.46. The summed E-state index contributed by atoms with van der Waals surface area (Å²) in [5.41, 5.74) is 4.71. The second-order valence-electron chi connectivity index (χ2n) is 6.61. The van der Waals surface area contributed by atoms with E-state index in [9.17, 15) is 4.79 Å². The standard InChI is InChI=1S/C21H27NO2/c1-14(2)19-8-6-7-9-20(19)24-13-21(23)22-17(5)18-11-10-15(3)16(4)12-18/h6-12,14,17H,13H2,1-5H3,(H,22,23)/t17-/m0/s1. The van der Waals surface area contributed by atoms with Gasteiger partial charge in [0.25, 0.3) is 5.91 Å². The fraction of sp³-hybridized carbons (Fsp3) is 0.381. The largest absolute Gasteiger partial charge is 0.483 e. The van der Waals surface area contributed by atoms with Gasteiger partial charge < -0.3 is 10.1 Å². The van der Waals surface area contributed by atoms with Gasteiger partial charge in [0.15, 0.2) is 6.61 Å². The number of para-hydroxylation sites is 1.